The van der Waals surface area contributed by atoms with E-state index in [1.807, 2.05) is 32.2 Å². The molecule has 1 heterocycles. The molecule has 0 aliphatic carbocycles. The van der Waals surface area contributed by atoms with Gasteiger partial charge in [-0.25, -0.2) is 0 Å². The number of nitrogens with zero attached hydrogens (tertiary/aromatic N) is 1. The summed E-state index contributed by atoms with van der Waals surface area (Å²) in [6.45, 7) is 4.68. The summed E-state index contributed by atoms with van der Waals surface area (Å²) in [5, 5.41) is 4.47. The molecule has 0 radical (unpaired) electrons. The summed E-state index contributed by atoms with van der Waals surface area (Å²) >= 11 is 3.54. The van der Waals surface area contributed by atoms with Crippen LogP contribution in [0, 0.1) is 12.3 Å². The first kappa shape index (κ1) is 13.1. The Kier molecular flexibility index (Phi) is 3.70. The first-order valence-electron chi connectivity index (χ1n) is 5.78. The van der Waals surface area contributed by atoms with Crippen molar-refractivity contribution in [3.05, 3.63) is 40.5 Å². The van der Waals surface area contributed by atoms with Gasteiger partial charge in [-0.3, -0.25) is 10.3 Å². The van der Waals surface area contributed by atoms with Crippen LogP contribution < -0.4 is 5.32 Å². The standard InChI is InChI=1S/C15H15BrN2/c1-4-15(2,3)18-10-11-7-8-13(16)12-6-5-9-17-14(11)12/h1,5-9,18H,10H2,2-3H3. The fraction of sp³-hybridized carbons (Fsp3) is 0.267. The Hall–Kier alpha value is -1.37. The van der Waals surface area contributed by atoms with Gasteiger partial charge in [0.2, 0.25) is 0 Å². The summed E-state index contributed by atoms with van der Waals surface area (Å²) in [5.74, 6) is 2.73. The highest BCUT2D eigenvalue weighted by Gasteiger charge is 2.13. The highest BCUT2D eigenvalue weighted by atomic mass is 79.9. The SMILES string of the molecule is C#CC(C)(C)NCc1ccc(Br)c2cccnc12. The lowest BCUT2D eigenvalue weighted by Crippen LogP contribution is -2.36. The van der Waals surface area contributed by atoms with Gasteiger partial charge in [0, 0.05) is 22.6 Å². The maximum Gasteiger partial charge on any atom is 0.0758 e. The lowest BCUT2D eigenvalue weighted by Gasteiger charge is -2.20. The van der Waals surface area contributed by atoms with Gasteiger partial charge in [0.05, 0.1) is 11.1 Å². The van der Waals surface area contributed by atoms with E-state index < -0.39 is 0 Å². The molecule has 2 nitrogen and oxygen atoms in total. The van der Waals surface area contributed by atoms with Crippen molar-refractivity contribution in [2.45, 2.75) is 25.9 Å². The number of terminal acetylenes is 1. The predicted molar refractivity (Wildman–Crippen MR) is 79.2 cm³/mol. The monoisotopic (exact) mass is 302 g/mol. The van der Waals surface area contributed by atoms with Crippen LogP contribution in [0.5, 0.6) is 0 Å². The Labute approximate surface area is 116 Å². The molecule has 18 heavy (non-hydrogen) atoms. The molecule has 0 aliphatic heterocycles. The topological polar surface area (TPSA) is 24.9 Å². The second-order valence-electron chi connectivity index (χ2n) is 4.73. The highest BCUT2D eigenvalue weighted by Crippen LogP contribution is 2.25. The molecule has 1 N–H and O–H groups in total. The van der Waals surface area contributed by atoms with E-state index in [0.717, 1.165) is 20.9 Å². The largest absolute Gasteiger partial charge is 0.297 e. The third-order valence-electron chi connectivity index (χ3n) is 2.88. The van der Waals surface area contributed by atoms with Crippen LogP contribution in [0.2, 0.25) is 0 Å². The number of aromatic nitrogens is 1. The maximum atomic E-state index is 5.47. The summed E-state index contributed by atoms with van der Waals surface area (Å²) < 4.78 is 1.06. The van der Waals surface area contributed by atoms with E-state index in [4.69, 9.17) is 6.42 Å². The minimum atomic E-state index is -0.311. The quantitative estimate of drug-likeness (QED) is 0.878. The fourth-order valence-corrected chi connectivity index (χ4v) is 2.16. The van der Waals surface area contributed by atoms with Crippen molar-refractivity contribution in [3.63, 3.8) is 0 Å². The molecule has 0 spiro atoms. The van der Waals surface area contributed by atoms with E-state index >= 15 is 0 Å². The van der Waals surface area contributed by atoms with Crippen LogP contribution in [-0.4, -0.2) is 10.5 Å². The lowest BCUT2D eigenvalue weighted by atomic mass is 10.1. The van der Waals surface area contributed by atoms with E-state index in [-0.39, 0.29) is 5.54 Å². The Morgan fingerprint density at radius 1 is 1.39 bits per heavy atom. The van der Waals surface area contributed by atoms with Gasteiger partial charge in [-0.1, -0.05) is 34.0 Å². The number of rotatable bonds is 3. The minimum absolute atomic E-state index is 0.311. The van der Waals surface area contributed by atoms with E-state index in [1.165, 1.54) is 0 Å². The molecular weight excluding hydrogens is 288 g/mol. The molecule has 0 amide bonds. The summed E-state index contributed by atoms with van der Waals surface area (Å²) in [4.78, 5) is 4.45. The first-order chi connectivity index (χ1) is 8.53. The number of hydrogen-bond donors (Lipinski definition) is 1. The smallest absolute Gasteiger partial charge is 0.0758 e. The molecule has 0 bridgehead atoms. The third-order valence-corrected chi connectivity index (χ3v) is 3.57. The van der Waals surface area contributed by atoms with Gasteiger partial charge in [0.1, 0.15) is 0 Å². The van der Waals surface area contributed by atoms with Crippen LogP contribution in [0.25, 0.3) is 10.9 Å². The second kappa shape index (κ2) is 5.09. The number of nitrogens with one attached hydrogen (secondary N) is 1. The molecule has 3 heteroatoms. The summed E-state index contributed by atoms with van der Waals surface area (Å²) in [7, 11) is 0. The van der Waals surface area contributed by atoms with Gasteiger partial charge < -0.3 is 0 Å². The molecule has 0 aliphatic rings. The van der Waals surface area contributed by atoms with Crippen molar-refractivity contribution in [3.8, 4) is 12.3 Å². The normalized spacial score (nSPS) is 11.4. The molecule has 0 fully saturated rings. The van der Waals surface area contributed by atoms with Crippen LogP contribution in [0.3, 0.4) is 0 Å². The number of fused-ring (bicyclic) bond motifs is 1. The average molecular weight is 303 g/mol. The van der Waals surface area contributed by atoms with Crippen molar-refractivity contribution in [1.29, 1.82) is 0 Å². The first-order valence-corrected chi connectivity index (χ1v) is 6.58. The van der Waals surface area contributed by atoms with Crippen molar-refractivity contribution < 1.29 is 0 Å². The van der Waals surface area contributed by atoms with Crippen molar-refractivity contribution >= 4 is 26.8 Å². The van der Waals surface area contributed by atoms with Crippen LogP contribution in [0.15, 0.2) is 34.9 Å². The second-order valence-corrected chi connectivity index (χ2v) is 5.58. The average Bonchev–Trinajstić information content (AvgIpc) is 2.38. The molecule has 1 aromatic heterocycles. The minimum Gasteiger partial charge on any atom is -0.297 e. The van der Waals surface area contributed by atoms with Crippen molar-refractivity contribution in [2.24, 2.45) is 0 Å². The van der Waals surface area contributed by atoms with Gasteiger partial charge in [0.25, 0.3) is 0 Å². The molecule has 0 unspecified atom stereocenters. The van der Waals surface area contributed by atoms with E-state index in [1.54, 1.807) is 0 Å². The Balaban J connectivity index is 2.36. The van der Waals surface area contributed by atoms with Crippen molar-refractivity contribution in [1.82, 2.24) is 10.3 Å². The maximum absolute atomic E-state index is 5.47. The summed E-state index contributed by atoms with van der Waals surface area (Å²) in [6, 6.07) is 8.11. The Morgan fingerprint density at radius 2 is 2.17 bits per heavy atom. The van der Waals surface area contributed by atoms with E-state index in [9.17, 15) is 0 Å². The zero-order valence-electron chi connectivity index (χ0n) is 10.5. The molecular formula is C15H15BrN2. The molecule has 92 valence electrons. The van der Waals surface area contributed by atoms with Crippen LogP contribution >= 0.6 is 15.9 Å². The van der Waals surface area contributed by atoms with Crippen LogP contribution in [0.1, 0.15) is 19.4 Å². The highest BCUT2D eigenvalue weighted by molar-refractivity contribution is 9.10. The third kappa shape index (κ3) is 2.72. The van der Waals surface area contributed by atoms with Gasteiger partial charge in [-0.15, -0.1) is 6.42 Å². The Morgan fingerprint density at radius 3 is 2.89 bits per heavy atom. The summed E-state index contributed by atoms with van der Waals surface area (Å²) in [5.41, 5.74) is 1.85. The number of benzene rings is 1. The van der Waals surface area contributed by atoms with Gasteiger partial charge >= 0.3 is 0 Å². The predicted octanol–water partition coefficient (Wildman–Crippen LogP) is 3.50. The molecule has 0 saturated heterocycles. The number of halogens is 1. The molecule has 0 saturated carbocycles. The van der Waals surface area contributed by atoms with Crippen molar-refractivity contribution in [2.75, 3.05) is 0 Å². The zero-order chi connectivity index (χ0) is 13.2. The van der Waals surface area contributed by atoms with E-state index in [0.29, 0.717) is 6.54 Å². The fourth-order valence-electron chi connectivity index (χ4n) is 1.71. The van der Waals surface area contributed by atoms with Crippen LogP contribution in [-0.2, 0) is 6.54 Å². The van der Waals surface area contributed by atoms with Gasteiger partial charge in [-0.05, 0) is 31.5 Å². The van der Waals surface area contributed by atoms with E-state index in [2.05, 4.69) is 44.3 Å². The van der Waals surface area contributed by atoms with Crippen LogP contribution in [0.4, 0.5) is 0 Å². The zero-order valence-corrected chi connectivity index (χ0v) is 12.1. The number of hydrogen-bond acceptors (Lipinski definition) is 2. The lowest BCUT2D eigenvalue weighted by molar-refractivity contribution is 0.492. The molecule has 2 aromatic rings. The molecule has 1 aromatic carbocycles. The Bertz CT molecular complexity index is 611. The molecule has 2 rings (SSSR count). The molecule has 0 atom stereocenters. The van der Waals surface area contributed by atoms with Gasteiger partial charge in [-0.2, -0.15) is 0 Å². The van der Waals surface area contributed by atoms with Gasteiger partial charge in [0.15, 0.2) is 0 Å². The summed E-state index contributed by atoms with van der Waals surface area (Å²) in [6.07, 6.45) is 7.28. The number of pyridine rings is 1.